The number of rotatable bonds is 5. The van der Waals surface area contributed by atoms with Crippen molar-refractivity contribution in [1.82, 2.24) is 0 Å². The van der Waals surface area contributed by atoms with E-state index in [0.717, 1.165) is 6.61 Å². The van der Waals surface area contributed by atoms with Crippen molar-refractivity contribution in [3.63, 3.8) is 0 Å². The van der Waals surface area contributed by atoms with Crippen LogP contribution in [0, 0.1) is 10.8 Å². The van der Waals surface area contributed by atoms with E-state index in [0.29, 0.717) is 10.8 Å². The maximum Gasteiger partial charge on any atom is 0.0598 e. The smallest absolute Gasteiger partial charge is 0.0598 e. The van der Waals surface area contributed by atoms with E-state index < -0.39 is 0 Å². The quantitative estimate of drug-likeness (QED) is 0.599. The molecular formula is C17H32O. The van der Waals surface area contributed by atoms with Crippen LogP contribution in [0.5, 0.6) is 0 Å². The van der Waals surface area contributed by atoms with Gasteiger partial charge in [-0.05, 0) is 57.3 Å². The zero-order valence-corrected chi connectivity index (χ0v) is 13.3. The predicted molar refractivity (Wildman–Crippen MR) is 79.8 cm³/mol. The van der Waals surface area contributed by atoms with Crippen LogP contribution in [-0.4, -0.2) is 12.2 Å². The van der Waals surface area contributed by atoms with Crippen molar-refractivity contribution in [2.75, 3.05) is 6.61 Å². The summed E-state index contributed by atoms with van der Waals surface area (Å²) < 4.78 is 6.01. The first-order valence-electron chi connectivity index (χ1n) is 7.44. The van der Waals surface area contributed by atoms with Crippen LogP contribution in [0.25, 0.3) is 0 Å². The Morgan fingerprint density at radius 1 is 1.06 bits per heavy atom. The topological polar surface area (TPSA) is 9.23 Å². The molecule has 0 heterocycles. The van der Waals surface area contributed by atoms with Crippen LogP contribution in [0.1, 0.15) is 73.6 Å². The molecule has 18 heavy (non-hydrogen) atoms. The van der Waals surface area contributed by atoms with E-state index in [1.54, 1.807) is 0 Å². The molecular weight excluding hydrogens is 220 g/mol. The van der Waals surface area contributed by atoms with Gasteiger partial charge in [-0.3, -0.25) is 0 Å². The van der Waals surface area contributed by atoms with Crippen LogP contribution in [-0.2, 0) is 4.74 Å². The Bertz CT molecular complexity index is 271. The minimum atomic E-state index is 0.00381. The number of allylic oxidation sites excluding steroid dienone is 2. The fraction of sp³-hybridized carbons (Fsp3) is 0.882. The minimum Gasteiger partial charge on any atom is -0.375 e. The fourth-order valence-corrected chi connectivity index (χ4v) is 2.34. The molecule has 0 unspecified atom stereocenters. The maximum absolute atomic E-state index is 6.01. The summed E-state index contributed by atoms with van der Waals surface area (Å²) in [5.41, 5.74) is 0.800. The van der Waals surface area contributed by atoms with Gasteiger partial charge in [0.15, 0.2) is 0 Å². The van der Waals surface area contributed by atoms with Gasteiger partial charge in [0.2, 0.25) is 0 Å². The molecule has 0 atom stereocenters. The molecule has 1 aliphatic rings. The molecule has 0 amide bonds. The minimum absolute atomic E-state index is 0.00381. The Labute approximate surface area is 114 Å². The first kappa shape index (κ1) is 15.8. The Hall–Kier alpha value is -0.300. The lowest BCUT2D eigenvalue weighted by Gasteiger charge is -2.43. The Morgan fingerprint density at radius 2 is 1.67 bits per heavy atom. The molecule has 1 heteroatoms. The summed E-state index contributed by atoms with van der Waals surface area (Å²) in [5, 5.41) is 0. The van der Waals surface area contributed by atoms with Crippen molar-refractivity contribution in [1.29, 1.82) is 0 Å². The van der Waals surface area contributed by atoms with Crippen molar-refractivity contribution in [3.8, 4) is 0 Å². The van der Waals surface area contributed by atoms with Gasteiger partial charge in [0, 0.05) is 0 Å². The SMILES string of the molecule is CC(C)(C)C=CCCC1(COC(C)(C)C)CCC1. The number of hydrogen-bond acceptors (Lipinski definition) is 1. The second-order valence-corrected chi connectivity index (χ2v) is 8.06. The van der Waals surface area contributed by atoms with Crippen LogP contribution in [0.4, 0.5) is 0 Å². The molecule has 1 rings (SSSR count). The van der Waals surface area contributed by atoms with Crippen molar-refractivity contribution >= 4 is 0 Å². The van der Waals surface area contributed by atoms with Gasteiger partial charge < -0.3 is 4.74 Å². The second-order valence-electron chi connectivity index (χ2n) is 8.06. The summed E-state index contributed by atoms with van der Waals surface area (Å²) >= 11 is 0. The third kappa shape index (κ3) is 6.04. The molecule has 1 fully saturated rings. The molecule has 0 N–H and O–H groups in total. The van der Waals surface area contributed by atoms with E-state index in [4.69, 9.17) is 4.74 Å². The van der Waals surface area contributed by atoms with Crippen LogP contribution < -0.4 is 0 Å². The summed E-state index contributed by atoms with van der Waals surface area (Å²) in [7, 11) is 0. The first-order chi connectivity index (χ1) is 8.12. The van der Waals surface area contributed by atoms with Gasteiger partial charge >= 0.3 is 0 Å². The van der Waals surface area contributed by atoms with Gasteiger partial charge in [-0.25, -0.2) is 0 Å². The van der Waals surface area contributed by atoms with E-state index in [-0.39, 0.29) is 5.60 Å². The zero-order chi connectivity index (χ0) is 13.9. The molecule has 106 valence electrons. The number of hydrogen-bond donors (Lipinski definition) is 0. The summed E-state index contributed by atoms with van der Waals surface area (Å²) in [6, 6.07) is 0. The lowest BCUT2D eigenvalue weighted by molar-refractivity contribution is -0.0811. The Morgan fingerprint density at radius 3 is 2.06 bits per heavy atom. The summed E-state index contributed by atoms with van der Waals surface area (Å²) in [4.78, 5) is 0. The largest absolute Gasteiger partial charge is 0.375 e. The lowest BCUT2D eigenvalue weighted by atomic mass is 9.66. The van der Waals surface area contributed by atoms with Crippen LogP contribution in [0.3, 0.4) is 0 Å². The standard InChI is InChI=1S/C17H32O/c1-15(2,3)10-7-8-11-17(12-9-13-17)14-18-16(4,5)6/h7,10H,8-9,11-14H2,1-6H3. The highest BCUT2D eigenvalue weighted by atomic mass is 16.5. The Balaban J connectivity index is 2.35. The van der Waals surface area contributed by atoms with Crippen LogP contribution >= 0.6 is 0 Å². The molecule has 1 saturated carbocycles. The van der Waals surface area contributed by atoms with Crippen molar-refractivity contribution < 1.29 is 4.74 Å². The summed E-state index contributed by atoms with van der Waals surface area (Å²) in [6.45, 7) is 14.2. The monoisotopic (exact) mass is 252 g/mol. The van der Waals surface area contributed by atoms with Gasteiger partial charge in [0.25, 0.3) is 0 Å². The average Bonchev–Trinajstić information content (AvgIpc) is 2.11. The molecule has 0 aromatic heterocycles. The third-order valence-electron chi connectivity index (χ3n) is 3.68. The highest BCUT2D eigenvalue weighted by Gasteiger charge is 2.37. The van der Waals surface area contributed by atoms with Crippen molar-refractivity contribution in [2.24, 2.45) is 10.8 Å². The summed E-state index contributed by atoms with van der Waals surface area (Å²) in [5.74, 6) is 0. The summed E-state index contributed by atoms with van der Waals surface area (Å²) in [6.07, 6.45) is 11.3. The molecule has 0 bridgehead atoms. The van der Waals surface area contributed by atoms with Gasteiger partial charge in [-0.15, -0.1) is 0 Å². The average molecular weight is 252 g/mol. The number of ether oxygens (including phenoxy) is 1. The van der Waals surface area contributed by atoms with Gasteiger partial charge in [0.1, 0.15) is 0 Å². The molecule has 0 saturated heterocycles. The van der Waals surface area contributed by atoms with E-state index in [1.807, 2.05) is 0 Å². The molecule has 0 aliphatic heterocycles. The van der Waals surface area contributed by atoms with E-state index in [2.05, 4.69) is 53.7 Å². The highest BCUT2D eigenvalue weighted by Crippen LogP contribution is 2.45. The molecule has 1 aliphatic carbocycles. The molecule has 1 nitrogen and oxygen atoms in total. The lowest BCUT2D eigenvalue weighted by Crippen LogP contribution is -2.37. The van der Waals surface area contributed by atoms with Gasteiger partial charge in [0.05, 0.1) is 12.2 Å². The molecule has 0 aromatic rings. The van der Waals surface area contributed by atoms with Crippen molar-refractivity contribution in [2.45, 2.75) is 79.2 Å². The van der Waals surface area contributed by atoms with E-state index >= 15 is 0 Å². The predicted octanol–water partition coefficient (Wildman–Crippen LogP) is 5.35. The van der Waals surface area contributed by atoms with E-state index in [1.165, 1.54) is 32.1 Å². The first-order valence-corrected chi connectivity index (χ1v) is 7.44. The Kier molecular flexibility index (Phi) is 5.05. The zero-order valence-electron chi connectivity index (χ0n) is 13.3. The third-order valence-corrected chi connectivity index (χ3v) is 3.68. The molecule has 0 aromatic carbocycles. The van der Waals surface area contributed by atoms with E-state index in [9.17, 15) is 0 Å². The second kappa shape index (κ2) is 5.77. The molecule has 0 spiro atoms. The molecule has 0 radical (unpaired) electrons. The normalized spacial score (nSPS) is 20.1. The van der Waals surface area contributed by atoms with Gasteiger partial charge in [-0.2, -0.15) is 0 Å². The van der Waals surface area contributed by atoms with Crippen molar-refractivity contribution in [3.05, 3.63) is 12.2 Å². The fourth-order valence-electron chi connectivity index (χ4n) is 2.34. The van der Waals surface area contributed by atoms with Crippen LogP contribution in [0.15, 0.2) is 12.2 Å². The van der Waals surface area contributed by atoms with Crippen LogP contribution in [0.2, 0.25) is 0 Å². The maximum atomic E-state index is 6.01. The van der Waals surface area contributed by atoms with Gasteiger partial charge in [-0.1, -0.05) is 39.3 Å². The highest BCUT2D eigenvalue weighted by molar-refractivity contribution is 4.95.